The Morgan fingerprint density at radius 1 is 1.44 bits per heavy atom. The molecular formula is C11H21NO6. The maximum Gasteiger partial charge on any atom is 0.323 e. The lowest BCUT2D eigenvalue weighted by Gasteiger charge is -2.22. The van der Waals surface area contributed by atoms with Crippen molar-refractivity contribution in [2.24, 2.45) is 5.73 Å². The van der Waals surface area contributed by atoms with Crippen LogP contribution in [0.1, 0.15) is 26.2 Å². The molecule has 0 bridgehead atoms. The van der Waals surface area contributed by atoms with E-state index in [0.717, 1.165) is 12.8 Å². The van der Waals surface area contributed by atoms with Gasteiger partial charge in [-0.3, -0.25) is 9.59 Å². The van der Waals surface area contributed by atoms with Gasteiger partial charge in [0.2, 0.25) is 0 Å². The number of unbranched alkanes of at least 4 members (excludes halogenated alkanes) is 1. The minimum Gasteiger partial charge on any atom is -0.451 e. The van der Waals surface area contributed by atoms with E-state index in [0.29, 0.717) is 6.42 Å². The van der Waals surface area contributed by atoms with Gasteiger partial charge in [0.25, 0.3) is 0 Å². The Morgan fingerprint density at radius 3 is 2.50 bits per heavy atom. The van der Waals surface area contributed by atoms with Crippen LogP contribution in [-0.4, -0.2) is 58.5 Å². The first-order valence-electron chi connectivity index (χ1n) is 5.86. The minimum atomic E-state index is -1.67. The summed E-state index contributed by atoms with van der Waals surface area (Å²) >= 11 is 0. The summed E-state index contributed by atoms with van der Waals surface area (Å²) < 4.78 is 4.69. The van der Waals surface area contributed by atoms with Crippen molar-refractivity contribution in [2.75, 3.05) is 6.61 Å². The zero-order valence-corrected chi connectivity index (χ0v) is 10.4. The van der Waals surface area contributed by atoms with Crippen molar-refractivity contribution in [3.63, 3.8) is 0 Å². The van der Waals surface area contributed by atoms with Gasteiger partial charge >= 0.3 is 5.97 Å². The highest BCUT2D eigenvalue weighted by Gasteiger charge is 2.30. The number of aliphatic hydroxyl groups is 3. The van der Waals surface area contributed by atoms with Gasteiger partial charge in [-0.1, -0.05) is 19.8 Å². The minimum absolute atomic E-state index is 0.188. The van der Waals surface area contributed by atoms with Gasteiger partial charge in [-0.25, -0.2) is 0 Å². The molecule has 5 N–H and O–H groups in total. The van der Waals surface area contributed by atoms with Crippen LogP contribution in [0.5, 0.6) is 0 Å². The highest BCUT2D eigenvalue weighted by Crippen LogP contribution is 2.06. The van der Waals surface area contributed by atoms with Gasteiger partial charge in [-0.05, 0) is 6.42 Å². The molecule has 0 aliphatic rings. The molecule has 7 heteroatoms. The number of hydrogen-bond donors (Lipinski definition) is 4. The molecule has 0 aliphatic heterocycles. The van der Waals surface area contributed by atoms with E-state index in [1.807, 2.05) is 6.92 Å². The Kier molecular flexibility index (Phi) is 8.47. The number of aldehydes is 1. The lowest BCUT2D eigenvalue weighted by molar-refractivity contribution is -0.165. The molecule has 0 saturated heterocycles. The van der Waals surface area contributed by atoms with Crippen LogP contribution in [0.25, 0.3) is 0 Å². The van der Waals surface area contributed by atoms with Crippen LogP contribution in [0.15, 0.2) is 0 Å². The summed E-state index contributed by atoms with van der Waals surface area (Å²) in [7, 11) is 0. The average molecular weight is 263 g/mol. The number of carbonyl (C=O) groups excluding carboxylic acids is 2. The smallest absolute Gasteiger partial charge is 0.323 e. The summed E-state index contributed by atoms with van der Waals surface area (Å²) in [6.45, 7) is 1.19. The maximum atomic E-state index is 11.5. The van der Waals surface area contributed by atoms with E-state index < -0.39 is 36.9 Å². The fourth-order valence-corrected chi connectivity index (χ4v) is 1.27. The zero-order chi connectivity index (χ0) is 14.1. The van der Waals surface area contributed by atoms with Gasteiger partial charge in [-0.15, -0.1) is 0 Å². The Bertz CT molecular complexity index is 260. The predicted octanol–water partition coefficient (Wildman–Crippen LogP) is -1.67. The van der Waals surface area contributed by atoms with Gasteiger partial charge in [-0.2, -0.15) is 0 Å². The van der Waals surface area contributed by atoms with Crippen LogP contribution in [0.2, 0.25) is 0 Å². The van der Waals surface area contributed by atoms with Crippen LogP contribution >= 0.6 is 0 Å². The van der Waals surface area contributed by atoms with E-state index in [1.54, 1.807) is 0 Å². The van der Waals surface area contributed by atoms with Crippen molar-refractivity contribution in [3.05, 3.63) is 0 Å². The van der Waals surface area contributed by atoms with Crippen molar-refractivity contribution in [2.45, 2.75) is 50.5 Å². The molecule has 18 heavy (non-hydrogen) atoms. The second-order valence-electron chi connectivity index (χ2n) is 4.03. The van der Waals surface area contributed by atoms with Crippen LogP contribution < -0.4 is 5.73 Å². The van der Waals surface area contributed by atoms with E-state index in [-0.39, 0.29) is 6.29 Å². The molecule has 0 heterocycles. The summed E-state index contributed by atoms with van der Waals surface area (Å²) in [4.78, 5) is 22.1. The van der Waals surface area contributed by atoms with Crippen LogP contribution in [-0.2, 0) is 14.3 Å². The first-order valence-corrected chi connectivity index (χ1v) is 5.86. The topological polar surface area (TPSA) is 130 Å². The largest absolute Gasteiger partial charge is 0.451 e. The van der Waals surface area contributed by atoms with Crippen molar-refractivity contribution in [1.29, 1.82) is 0 Å². The first kappa shape index (κ1) is 17.0. The van der Waals surface area contributed by atoms with E-state index >= 15 is 0 Å². The Balaban J connectivity index is 4.35. The lowest BCUT2D eigenvalue weighted by atomic mass is 10.1. The molecule has 0 amide bonds. The zero-order valence-electron chi connectivity index (χ0n) is 10.4. The molecule has 0 saturated carbocycles. The Hall–Kier alpha value is -1.02. The molecule has 4 atom stereocenters. The first-order chi connectivity index (χ1) is 8.47. The molecule has 106 valence electrons. The number of rotatable bonds is 9. The monoisotopic (exact) mass is 263 g/mol. The van der Waals surface area contributed by atoms with Crippen molar-refractivity contribution in [3.8, 4) is 0 Å². The molecule has 0 aliphatic carbocycles. The molecule has 7 nitrogen and oxygen atoms in total. The predicted molar refractivity (Wildman–Crippen MR) is 62.5 cm³/mol. The van der Waals surface area contributed by atoms with Gasteiger partial charge in [0.05, 0.1) is 6.61 Å². The fraction of sp³-hybridized carbons (Fsp3) is 0.818. The third kappa shape index (κ3) is 5.54. The molecule has 0 rings (SSSR count). The van der Waals surface area contributed by atoms with Crippen LogP contribution in [0, 0.1) is 0 Å². The Morgan fingerprint density at radius 2 is 2.06 bits per heavy atom. The van der Waals surface area contributed by atoms with Gasteiger partial charge in [0, 0.05) is 0 Å². The number of carbonyl (C=O) groups is 2. The normalized spacial score (nSPS) is 17.6. The quantitative estimate of drug-likeness (QED) is 0.289. The van der Waals surface area contributed by atoms with Gasteiger partial charge in [0.1, 0.15) is 18.2 Å². The summed E-state index contributed by atoms with van der Waals surface area (Å²) in [5.41, 5.74) is 5.53. The molecule has 0 aromatic carbocycles. The molecule has 0 fully saturated rings. The standard InChI is InChI=1S/C11H21NO6/c1-2-3-4-7(12)11(17)18-9(6-14)10(16)8(15)5-13/h6-10,13,15-16H,2-5,12H2,1H3/t7?,8-,9+,10+/m1/s1. The number of nitrogens with two attached hydrogens (primary N) is 1. The molecule has 0 spiro atoms. The summed E-state index contributed by atoms with van der Waals surface area (Å²) in [6.07, 6.45) is -2.55. The van der Waals surface area contributed by atoms with Crippen molar-refractivity contribution in [1.82, 2.24) is 0 Å². The number of hydrogen-bond acceptors (Lipinski definition) is 7. The molecule has 0 aromatic heterocycles. The van der Waals surface area contributed by atoms with E-state index in [1.165, 1.54) is 0 Å². The summed E-state index contributed by atoms with van der Waals surface area (Å²) in [5.74, 6) is -0.815. The second-order valence-corrected chi connectivity index (χ2v) is 4.03. The molecule has 0 radical (unpaired) electrons. The Labute approximate surface area is 106 Å². The van der Waals surface area contributed by atoms with E-state index in [9.17, 15) is 14.7 Å². The lowest BCUT2D eigenvalue weighted by Crippen LogP contribution is -2.45. The van der Waals surface area contributed by atoms with Gasteiger partial charge < -0.3 is 25.8 Å². The summed E-state index contributed by atoms with van der Waals surface area (Å²) in [6, 6.07) is -0.870. The highest BCUT2D eigenvalue weighted by molar-refractivity contribution is 5.77. The molecule has 1 unspecified atom stereocenters. The van der Waals surface area contributed by atoms with E-state index in [2.05, 4.69) is 0 Å². The summed E-state index contributed by atoms with van der Waals surface area (Å²) in [5, 5.41) is 27.2. The maximum absolute atomic E-state index is 11.5. The SMILES string of the molecule is CCCCC(N)C(=O)O[C@@H](C=O)[C@@H](O)[C@H](O)CO. The average Bonchev–Trinajstić information content (AvgIpc) is 2.39. The number of aliphatic hydroxyl groups excluding tert-OH is 3. The number of ether oxygens (including phenoxy) is 1. The van der Waals surface area contributed by atoms with Crippen LogP contribution in [0.3, 0.4) is 0 Å². The second kappa shape index (κ2) is 8.98. The van der Waals surface area contributed by atoms with Crippen molar-refractivity contribution >= 4 is 12.3 Å². The molecule has 0 aromatic rings. The van der Waals surface area contributed by atoms with Gasteiger partial charge in [0.15, 0.2) is 12.4 Å². The van der Waals surface area contributed by atoms with Crippen molar-refractivity contribution < 1.29 is 29.6 Å². The third-order valence-corrected chi connectivity index (χ3v) is 2.48. The third-order valence-electron chi connectivity index (χ3n) is 2.48. The highest BCUT2D eigenvalue weighted by atomic mass is 16.6. The fourth-order valence-electron chi connectivity index (χ4n) is 1.27. The number of esters is 1. The molecular weight excluding hydrogens is 242 g/mol. The van der Waals surface area contributed by atoms with Crippen LogP contribution in [0.4, 0.5) is 0 Å². The van der Waals surface area contributed by atoms with E-state index in [4.69, 9.17) is 20.7 Å².